The average Bonchev–Trinajstić information content (AvgIpc) is 3.44. The molecule has 6 rings (SSSR count). The summed E-state index contributed by atoms with van der Waals surface area (Å²) < 4.78 is 5.39. The summed E-state index contributed by atoms with van der Waals surface area (Å²) in [5, 5.41) is 0. The van der Waals surface area contributed by atoms with Crippen molar-refractivity contribution in [2.24, 2.45) is 17.8 Å². The van der Waals surface area contributed by atoms with Crippen LogP contribution in [0.5, 0.6) is 0 Å². The number of imidazole rings is 1. The molecule has 0 amide bonds. The van der Waals surface area contributed by atoms with Gasteiger partial charge in [-0.2, -0.15) is 0 Å². The first kappa shape index (κ1) is 16.7. The van der Waals surface area contributed by atoms with E-state index in [9.17, 15) is 4.79 Å². The van der Waals surface area contributed by atoms with Crippen LogP contribution in [0.15, 0.2) is 55.0 Å². The van der Waals surface area contributed by atoms with Crippen LogP contribution >= 0.6 is 0 Å². The molecule has 0 N–H and O–H groups in total. The molecule has 130 valence electrons. The van der Waals surface area contributed by atoms with E-state index >= 15 is 0 Å². The summed E-state index contributed by atoms with van der Waals surface area (Å²) in [7, 11) is 0. The quantitative estimate of drug-likeness (QED) is 0.319. The summed E-state index contributed by atoms with van der Waals surface area (Å²) in [6.07, 6.45) is 16.1. The Morgan fingerprint density at radius 3 is 2.81 bits per heavy atom. The molecule has 2 fully saturated rings. The number of hydrogen-bond donors (Lipinski definition) is 0. The van der Waals surface area contributed by atoms with Gasteiger partial charge in [0.05, 0.1) is 0 Å². The fourth-order valence-corrected chi connectivity index (χ4v) is 14.8. The van der Waals surface area contributed by atoms with Crippen molar-refractivity contribution in [3.63, 3.8) is 0 Å². The van der Waals surface area contributed by atoms with Crippen molar-refractivity contribution in [2.45, 2.75) is 27.2 Å². The van der Waals surface area contributed by atoms with Gasteiger partial charge in [-0.3, -0.25) is 0 Å². The van der Waals surface area contributed by atoms with Crippen LogP contribution in [0.2, 0.25) is 7.96 Å². The van der Waals surface area contributed by atoms with Crippen molar-refractivity contribution >= 4 is 34.9 Å². The summed E-state index contributed by atoms with van der Waals surface area (Å²) in [6.45, 7) is 0. The van der Waals surface area contributed by atoms with Gasteiger partial charge in [0.15, 0.2) is 0 Å². The molecule has 1 aromatic carbocycles. The Hall–Kier alpha value is -1.50. The van der Waals surface area contributed by atoms with Crippen LogP contribution < -0.4 is 0 Å². The van der Waals surface area contributed by atoms with E-state index in [4.69, 9.17) is 0 Å². The number of benzene rings is 1. The van der Waals surface area contributed by atoms with E-state index in [0.717, 1.165) is 23.2 Å². The van der Waals surface area contributed by atoms with Crippen molar-refractivity contribution in [1.82, 2.24) is 7.36 Å². The number of carbonyl (C=O) groups excluding carboxylic acids is 1. The molecule has 3 unspecified atom stereocenters. The zero-order chi connectivity index (χ0) is 17.5. The standard InChI is InChI=1S/C20H20N2O.C2H4.Tl/c23-20(18-11-14-5-7-16(18)8-6-14)10-9-15-3-1-2-4-17(15)19-12-21-13-22-19;1-2;/h1-5,7,9-10,12-14,16,18H,6,8,11H2,(H,21,22,23);1-2H2;/q;;+1/p-1. The zero-order valence-electron chi connectivity index (χ0n) is 14.9. The minimum atomic E-state index is -1.47. The van der Waals surface area contributed by atoms with Crippen molar-refractivity contribution < 1.29 is 4.79 Å². The molecule has 2 heterocycles. The molecule has 0 spiro atoms. The van der Waals surface area contributed by atoms with Crippen molar-refractivity contribution in [2.75, 3.05) is 0 Å². The third-order valence-corrected chi connectivity index (χ3v) is 14.8. The molecule has 3 atom stereocenters. The van der Waals surface area contributed by atoms with E-state index in [1.54, 1.807) is 0 Å². The van der Waals surface area contributed by atoms with Crippen molar-refractivity contribution in [3.05, 3.63) is 60.6 Å². The Labute approximate surface area is 163 Å². The Morgan fingerprint density at radius 1 is 1.19 bits per heavy atom. The first-order valence-electron chi connectivity index (χ1n) is 9.81. The molecule has 1 saturated heterocycles. The summed E-state index contributed by atoms with van der Waals surface area (Å²) in [4.78, 5) is 17.4. The Balaban J connectivity index is 1.37. The number of aromatic nitrogens is 2. The van der Waals surface area contributed by atoms with E-state index in [-0.39, 0.29) is 5.92 Å². The number of allylic oxidation sites excluding steroid dienone is 3. The van der Waals surface area contributed by atoms with Gasteiger partial charge >= 0.3 is 164 Å². The number of nitrogens with zero attached hydrogens (tertiary/aromatic N) is 2. The molecule has 1 aromatic heterocycles. The minimum absolute atomic E-state index is 0.186. The third-order valence-electron chi connectivity index (χ3n) is 6.17. The Morgan fingerprint density at radius 2 is 2.08 bits per heavy atom. The summed E-state index contributed by atoms with van der Waals surface area (Å²) in [5.41, 5.74) is 3.27. The fourth-order valence-electron chi connectivity index (χ4n) is 4.48. The second-order valence-electron chi connectivity index (χ2n) is 7.99. The second-order valence-corrected chi connectivity index (χ2v) is 19.9. The van der Waals surface area contributed by atoms with Crippen LogP contribution in [0.4, 0.5) is 0 Å². The van der Waals surface area contributed by atoms with Gasteiger partial charge in [0, 0.05) is 0 Å². The van der Waals surface area contributed by atoms with Gasteiger partial charge in [0.25, 0.3) is 0 Å². The van der Waals surface area contributed by atoms with Crippen molar-refractivity contribution in [3.8, 4) is 11.3 Å². The summed E-state index contributed by atoms with van der Waals surface area (Å²) in [5.74, 6) is 1.55. The molecule has 26 heavy (non-hydrogen) atoms. The zero-order valence-corrected chi connectivity index (χ0v) is 19.4. The maximum atomic E-state index is 12.8. The van der Waals surface area contributed by atoms with Crippen molar-refractivity contribution in [1.29, 1.82) is 0 Å². The van der Waals surface area contributed by atoms with Gasteiger partial charge in [-0.15, -0.1) is 0 Å². The van der Waals surface area contributed by atoms with E-state index in [2.05, 4.69) is 43.9 Å². The predicted octanol–water partition coefficient (Wildman–Crippen LogP) is 4.59. The van der Waals surface area contributed by atoms with Gasteiger partial charge in [0.2, 0.25) is 0 Å². The van der Waals surface area contributed by atoms with E-state index < -0.39 is 23.0 Å². The van der Waals surface area contributed by atoms with E-state index in [1.807, 2.05) is 24.5 Å². The van der Waals surface area contributed by atoms with Gasteiger partial charge in [-0.05, 0) is 0 Å². The van der Waals surface area contributed by atoms with E-state index in [1.165, 1.54) is 20.8 Å². The first-order valence-corrected chi connectivity index (χ1v) is 18.2. The topological polar surface area (TPSA) is 34.9 Å². The Kier molecular flexibility index (Phi) is 4.43. The Bertz CT molecular complexity index is 893. The number of carbonyl (C=O) groups is 1. The van der Waals surface area contributed by atoms with Gasteiger partial charge in [-0.25, -0.2) is 0 Å². The molecule has 1 saturated carbocycles. The van der Waals surface area contributed by atoms with Crippen LogP contribution in [-0.4, -0.2) is 36.1 Å². The van der Waals surface area contributed by atoms with Gasteiger partial charge in [0.1, 0.15) is 0 Å². The molecular weight excluding hydrogens is 513 g/mol. The fraction of sp³-hybridized carbons (Fsp3) is 0.364. The van der Waals surface area contributed by atoms with Crippen LogP contribution in [0.25, 0.3) is 17.3 Å². The van der Waals surface area contributed by atoms with Crippen LogP contribution in [-0.2, 0) is 4.79 Å². The number of rotatable bonds is 5. The normalized spacial score (nSPS) is 26.6. The summed E-state index contributed by atoms with van der Waals surface area (Å²) >= 11 is -1.47. The third kappa shape index (κ3) is 3.26. The van der Waals surface area contributed by atoms with Gasteiger partial charge < -0.3 is 0 Å². The number of ketones is 1. The van der Waals surface area contributed by atoms with Gasteiger partial charge in [-0.1, -0.05) is 0 Å². The molecule has 3 aliphatic carbocycles. The maximum absolute atomic E-state index is 12.8. The molecule has 2 bridgehead atoms. The molecule has 3 nitrogen and oxygen atoms in total. The molecular formula is C22H23N2OTl. The van der Waals surface area contributed by atoms with E-state index in [0.29, 0.717) is 17.6 Å². The molecule has 4 aliphatic rings. The van der Waals surface area contributed by atoms with Crippen LogP contribution in [0.3, 0.4) is 0 Å². The predicted molar refractivity (Wildman–Crippen MR) is 106 cm³/mol. The molecule has 2 aromatic rings. The first-order chi connectivity index (χ1) is 12.8. The second kappa shape index (κ2) is 6.91. The molecule has 4 heteroatoms. The molecule has 1 aliphatic heterocycles. The van der Waals surface area contributed by atoms with Crippen LogP contribution in [0.1, 0.15) is 24.8 Å². The average molecular weight is 536 g/mol. The molecule has 0 radical (unpaired) electrons. The van der Waals surface area contributed by atoms with Crippen LogP contribution in [0, 0.1) is 17.8 Å². The SMILES string of the molecule is O=C(/C=C/c1ccccc1-c1c[n]([Tl]2[CH2][CH2]2)cn1)C1CC2C=CC1CC2. The monoisotopic (exact) mass is 536 g/mol. The number of fused-ring (bicyclic) bond motifs is 2. The number of hydrogen-bond acceptors (Lipinski definition) is 2. The summed E-state index contributed by atoms with van der Waals surface area (Å²) in [6, 6.07) is 8.30.